The highest BCUT2D eigenvalue weighted by molar-refractivity contribution is 5.82. The van der Waals surface area contributed by atoms with Gasteiger partial charge in [0.2, 0.25) is 0 Å². The van der Waals surface area contributed by atoms with E-state index in [0.717, 1.165) is 95.5 Å². The monoisotopic (exact) mass is 478 g/mol. The van der Waals surface area contributed by atoms with Crippen molar-refractivity contribution >= 4 is 17.2 Å². The highest BCUT2D eigenvalue weighted by Crippen LogP contribution is 2.25. The lowest BCUT2D eigenvalue weighted by molar-refractivity contribution is 0.173. The van der Waals surface area contributed by atoms with Crippen molar-refractivity contribution in [2.75, 3.05) is 58.9 Å². The van der Waals surface area contributed by atoms with E-state index in [1.165, 1.54) is 22.5 Å². The maximum atomic E-state index is 4.75. The van der Waals surface area contributed by atoms with Gasteiger partial charge in [-0.05, 0) is 51.3 Å². The molecule has 35 heavy (non-hydrogen) atoms. The normalized spacial score (nSPS) is 17.5. The van der Waals surface area contributed by atoms with Crippen LogP contribution in [-0.2, 0) is 6.54 Å². The lowest BCUT2D eigenvalue weighted by Gasteiger charge is -2.38. The van der Waals surface area contributed by atoms with E-state index in [-0.39, 0.29) is 0 Å². The molecule has 2 saturated heterocycles. The van der Waals surface area contributed by atoms with Crippen LogP contribution in [0.25, 0.3) is 5.70 Å². The molecule has 0 N–H and O–H groups in total. The van der Waals surface area contributed by atoms with Crippen LogP contribution in [-0.4, -0.2) is 90.0 Å². The number of benzene rings is 1. The Morgan fingerprint density at radius 1 is 0.886 bits per heavy atom. The van der Waals surface area contributed by atoms with Crippen LogP contribution in [0.5, 0.6) is 0 Å². The van der Waals surface area contributed by atoms with Gasteiger partial charge in [0, 0.05) is 88.8 Å². The number of amidine groups is 1. The molecule has 2 heterocycles. The standard InChI is InChI=1S/C29H46N6/c1-8-10-29(30-9-2)35-15-13-32(14-16-35)22-27-12-11-24(5)28(21-27)25(6)33-17-19-34(20-18-33)26(7)31-23(3)4/h11-12,21H,6-10,13-20,22H2,1-5H3/b30-29+. The number of piperazine rings is 2. The zero-order valence-corrected chi connectivity index (χ0v) is 22.8. The molecule has 0 aromatic heterocycles. The molecule has 6 nitrogen and oxygen atoms in total. The van der Waals surface area contributed by atoms with Crippen LogP contribution in [0.4, 0.5) is 0 Å². The summed E-state index contributed by atoms with van der Waals surface area (Å²) < 4.78 is 0. The second-order valence-corrected chi connectivity index (χ2v) is 9.95. The third-order valence-corrected chi connectivity index (χ3v) is 6.95. The van der Waals surface area contributed by atoms with Crippen molar-refractivity contribution in [2.24, 2.45) is 9.98 Å². The predicted octanol–water partition coefficient (Wildman–Crippen LogP) is 4.87. The molecule has 0 atom stereocenters. The van der Waals surface area contributed by atoms with Gasteiger partial charge in [-0.2, -0.15) is 0 Å². The molecular formula is C29H46N6. The van der Waals surface area contributed by atoms with Crippen molar-refractivity contribution in [1.82, 2.24) is 19.6 Å². The molecule has 2 fully saturated rings. The molecule has 2 aliphatic rings. The molecule has 0 aliphatic carbocycles. The van der Waals surface area contributed by atoms with Crippen LogP contribution >= 0.6 is 0 Å². The number of aryl methyl sites for hydroxylation is 1. The number of hydrogen-bond acceptors (Lipinski definition) is 5. The van der Waals surface area contributed by atoms with Crippen LogP contribution in [0.15, 0.2) is 47.2 Å². The summed E-state index contributed by atoms with van der Waals surface area (Å²) in [7, 11) is 0. The zero-order chi connectivity index (χ0) is 25.4. The van der Waals surface area contributed by atoms with Crippen LogP contribution in [0.2, 0.25) is 0 Å². The molecule has 0 unspecified atom stereocenters. The predicted molar refractivity (Wildman–Crippen MR) is 151 cm³/mol. The SMILES string of the molecule is C=C(N=C(C)C)N1CCN(C(=C)c2cc(CN3CCN(/C(CCC)=N/CC)CC3)ccc2C)CC1. The van der Waals surface area contributed by atoms with Gasteiger partial charge >= 0.3 is 0 Å². The summed E-state index contributed by atoms with van der Waals surface area (Å²) in [5, 5.41) is 0. The van der Waals surface area contributed by atoms with Crippen molar-refractivity contribution in [1.29, 1.82) is 0 Å². The summed E-state index contributed by atoms with van der Waals surface area (Å²) in [4.78, 5) is 19.0. The van der Waals surface area contributed by atoms with Crippen LogP contribution < -0.4 is 0 Å². The minimum atomic E-state index is 0.872. The molecule has 1 aromatic carbocycles. The fraction of sp³-hybridized carbons (Fsp3) is 0.586. The fourth-order valence-electron chi connectivity index (χ4n) is 4.98. The van der Waals surface area contributed by atoms with Crippen LogP contribution in [0.3, 0.4) is 0 Å². The van der Waals surface area contributed by atoms with E-state index < -0.39 is 0 Å². The van der Waals surface area contributed by atoms with E-state index in [4.69, 9.17) is 4.99 Å². The largest absolute Gasteiger partial charge is 0.368 e. The third kappa shape index (κ3) is 7.44. The lowest BCUT2D eigenvalue weighted by atomic mass is 10.0. The Balaban J connectivity index is 1.58. The van der Waals surface area contributed by atoms with Crippen LogP contribution in [0.1, 0.15) is 57.2 Å². The van der Waals surface area contributed by atoms with E-state index >= 15 is 0 Å². The first-order valence-electron chi connectivity index (χ1n) is 13.3. The van der Waals surface area contributed by atoms with Crippen molar-refractivity contribution in [3.8, 4) is 0 Å². The summed E-state index contributed by atoms with van der Waals surface area (Å²) in [6, 6.07) is 6.91. The topological polar surface area (TPSA) is 37.7 Å². The van der Waals surface area contributed by atoms with Gasteiger partial charge in [-0.1, -0.05) is 32.2 Å². The molecule has 0 amide bonds. The maximum absolute atomic E-state index is 4.75. The van der Waals surface area contributed by atoms with E-state index in [9.17, 15) is 0 Å². The van der Waals surface area contributed by atoms with Crippen molar-refractivity contribution in [3.63, 3.8) is 0 Å². The average Bonchev–Trinajstić information content (AvgIpc) is 2.85. The molecule has 2 aliphatic heterocycles. The van der Waals surface area contributed by atoms with Gasteiger partial charge in [0.15, 0.2) is 0 Å². The van der Waals surface area contributed by atoms with Gasteiger partial charge < -0.3 is 14.7 Å². The molecular weight excluding hydrogens is 432 g/mol. The molecule has 0 spiro atoms. The summed E-state index contributed by atoms with van der Waals surface area (Å²) in [6.07, 6.45) is 2.25. The molecule has 1 aromatic rings. The van der Waals surface area contributed by atoms with E-state index in [1.807, 2.05) is 13.8 Å². The smallest absolute Gasteiger partial charge is 0.121 e. The Bertz CT molecular complexity index is 926. The minimum Gasteiger partial charge on any atom is -0.368 e. The first kappa shape index (κ1) is 27.0. The molecule has 192 valence electrons. The van der Waals surface area contributed by atoms with Gasteiger partial charge in [-0.15, -0.1) is 0 Å². The van der Waals surface area contributed by atoms with E-state index in [0.29, 0.717) is 0 Å². The van der Waals surface area contributed by atoms with Crippen LogP contribution in [0, 0.1) is 6.92 Å². The Morgan fingerprint density at radius 3 is 2.11 bits per heavy atom. The highest BCUT2D eigenvalue weighted by atomic mass is 15.3. The number of rotatable bonds is 9. The minimum absolute atomic E-state index is 0.872. The molecule has 0 saturated carbocycles. The molecule has 6 heteroatoms. The summed E-state index contributed by atoms with van der Waals surface area (Å²) in [6.45, 7) is 29.2. The molecule has 0 radical (unpaired) electrons. The quantitative estimate of drug-likeness (QED) is 0.375. The van der Waals surface area contributed by atoms with Gasteiger partial charge in [0.1, 0.15) is 5.82 Å². The lowest BCUT2D eigenvalue weighted by Crippen LogP contribution is -2.48. The van der Waals surface area contributed by atoms with Crippen molar-refractivity contribution in [3.05, 3.63) is 53.9 Å². The van der Waals surface area contributed by atoms with Gasteiger partial charge in [0.25, 0.3) is 0 Å². The maximum Gasteiger partial charge on any atom is 0.121 e. The van der Waals surface area contributed by atoms with E-state index in [2.05, 4.69) is 76.7 Å². The van der Waals surface area contributed by atoms with Gasteiger partial charge in [-0.3, -0.25) is 9.89 Å². The van der Waals surface area contributed by atoms with Gasteiger partial charge in [0.05, 0.1) is 5.84 Å². The van der Waals surface area contributed by atoms with Crippen molar-refractivity contribution in [2.45, 2.75) is 54.0 Å². The Morgan fingerprint density at radius 2 is 1.51 bits per heavy atom. The third-order valence-electron chi connectivity index (χ3n) is 6.95. The highest BCUT2D eigenvalue weighted by Gasteiger charge is 2.22. The number of aliphatic imine (C=N–C) groups is 2. The Labute approximate surface area is 213 Å². The number of hydrogen-bond donors (Lipinski definition) is 0. The molecule has 0 bridgehead atoms. The second kappa shape index (κ2) is 12.9. The van der Waals surface area contributed by atoms with E-state index in [1.54, 1.807) is 0 Å². The van der Waals surface area contributed by atoms with Crippen molar-refractivity contribution < 1.29 is 0 Å². The van der Waals surface area contributed by atoms with Gasteiger partial charge in [-0.25, -0.2) is 4.99 Å². The first-order valence-corrected chi connectivity index (χ1v) is 13.3. The first-order chi connectivity index (χ1) is 16.8. The fourth-order valence-corrected chi connectivity index (χ4v) is 4.98. The second-order valence-electron chi connectivity index (χ2n) is 9.95. The summed E-state index contributed by atoms with van der Waals surface area (Å²) in [5.41, 5.74) is 6.12. The Kier molecular flexibility index (Phi) is 9.96. The number of nitrogens with zero attached hydrogens (tertiary/aromatic N) is 6. The zero-order valence-electron chi connectivity index (χ0n) is 22.8. The molecule has 3 rings (SSSR count). The summed E-state index contributed by atoms with van der Waals surface area (Å²) >= 11 is 0. The summed E-state index contributed by atoms with van der Waals surface area (Å²) in [5.74, 6) is 2.17. The Hall–Kier alpha value is -2.60. The average molecular weight is 479 g/mol.